The predicted octanol–water partition coefficient (Wildman–Crippen LogP) is 3.14. The molecule has 0 bridgehead atoms. The maximum Gasteiger partial charge on any atom is 0.330 e. The second-order valence-corrected chi connectivity index (χ2v) is 5.11. The number of halogens is 2. The summed E-state index contributed by atoms with van der Waals surface area (Å²) in [5.74, 6) is -2.74. The fourth-order valence-electron chi connectivity index (χ4n) is 1.85. The Morgan fingerprint density at radius 3 is 2.33 bits per heavy atom. The van der Waals surface area contributed by atoms with Gasteiger partial charge in [-0.1, -0.05) is 36.4 Å². The van der Waals surface area contributed by atoms with Crippen molar-refractivity contribution in [3.05, 3.63) is 69.9 Å². The zero-order valence-corrected chi connectivity index (χ0v) is 12.3. The number of carbonyl (C=O) groups excluding carboxylic acids is 1. The largest absolute Gasteiger partial charge is 0.479 e. The highest BCUT2D eigenvalue weighted by molar-refractivity contribution is 9.10. The Morgan fingerprint density at radius 1 is 1.10 bits per heavy atom. The third-order valence-corrected chi connectivity index (χ3v) is 3.51. The highest BCUT2D eigenvalue weighted by Crippen LogP contribution is 2.21. The number of hydrogen-bond acceptors (Lipinski definition) is 2. The van der Waals surface area contributed by atoms with Gasteiger partial charge in [0.2, 0.25) is 0 Å². The van der Waals surface area contributed by atoms with Crippen LogP contribution in [-0.2, 0) is 4.79 Å². The molecule has 0 fully saturated rings. The summed E-state index contributed by atoms with van der Waals surface area (Å²) in [5, 5.41) is 11.6. The molecular weight excluding hydrogens is 341 g/mol. The molecule has 1 amide bonds. The van der Waals surface area contributed by atoms with Gasteiger partial charge in [0.25, 0.3) is 5.91 Å². The molecular formula is C15H11BrFNO3. The number of amides is 1. The SMILES string of the molecule is O=C(N[C@@H](C(=O)O)c1ccccc1)c1c(F)cccc1Br. The standard InChI is InChI=1S/C15H11BrFNO3/c16-10-7-4-8-11(17)12(10)14(19)18-13(15(20)21)9-5-2-1-3-6-9/h1-8,13H,(H,18,19)(H,20,21)/t13-/m1/s1. The van der Waals surface area contributed by atoms with Gasteiger partial charge in [-0.15, -0.1) is 0 Å². The van der Waals surface area contributed by atoms with Crippen molar-refractivity contribution >= 4 is 27.8 Å². The van der Waals surface area contributed by atoms with E-state index >= 15 is 0 Å². The number of benzene rings is 2. The Labute approximate surface area is 128 Å². The maximum absolute atomic E-state index is 13.7. The van der Waals surface area contributed by atoms with Gasteiger partial charge in [-0.2, -0.15) is 0 Å². The molecule has 6 heteroatoms. The lowest BCUT2D eigenvalue weighted by Crippen LogP contribution is -2.34. The summed E-state index contributed by atoms with van der Waals surface area (Å²) in [6, 6.07) is 11.1. The number of nitrogens with one attached hydrogen (secondary N) is 1. The molecule has 4 nitrogen and oxygen atoms in total. The number of carboxylic acid groups (broad SMARTS) is 1. The van der Waals surface area contributed by atoms with Crippen LogP contribution in [-0.4, -0.2) is 17.0 Å². The van der Waals surface area contributed by atoms with Gasteiger partial charge >= 0.3 is 5.97 Å². The van der Waals surface area contributed by atoms with Crippen LogP contribution in [0, 0.1) is 5.82 Å². The van der Waals surface area contributed by atoms with Crippen LogP contribution >= 0.6 is 15.9 Å². The Kier molecular flexibility index (Phi) is 4.70. The van der Waals surface area contributed by atoms with Crippen molar-refractivity contribution < 1.29 is 19.1 Å². The van der Waals surface area contributed by atoms with Crippen LogP contribution < -0.4 is 5.32 Å². The number of rotatable bonds is 4. The van der Waals surface area contributed by atoms with Crippen molar-refractivity contribution in [2.45, 2.75) is 6.04 Å². The van der Waals surface area contributed by atoms with Gasteiger partial charge in [0, 0.05) is 4.47 Å². The smallest absolute Gasteiger partial charge is 0.330 e. The second kappa shape index (κ2) is 6.49. The Bertz CT molecular complexity index is 656. The highest BCUT2D eigenvalue weighted by Gasteiger charge is 2.24. The molecule has 0 heterocycles. The van der Waals surface area contributed by atoms with E-state index < -0.39 is 23.7 Å². The lowest BCUT2D eigenvalue weighted by atomic mass is 10.1. The van der Waals surface area contributed by atoms with E-state index in [1.807, 2.05) is 0 Å². The maximum atomic E-state index is 13.7. The van der Waals surface area contributed by atoms with Crippen molar-refractivity contribution in [2.75, 3.05) is 0 Å². The van der Waals surface area contributed by atoms with Gasteiger partial charge in [-0.25, -0.2) is 9.18 Å². The van der Waals surface area contributed by atoms with E-state index in [0.29, 0.717) is 5.56 Å². The molecule has 2 N–H and O–H groups in total. The molecule has 0 radical (unpaired) electrons. The quantitative estimate of drug-likeness (QED) is 0.889. The van der Waals surface area contributed by atoms with Crippen LogP contribution in [0.3, 0.4) is 0 Å². The van der Waals surface area contributed by atoms with Crippen molar-refractivity contribution in [3.63, 3.8) is 0 Å². The average Bonchev–Trinajstić information content (AvgIpc) is 2.45. The number of aliphatic carboxylic acids is 1. The third-order valence-electron chi connectivity index (χ3n) is 2.85. The molecule has 0 saturated heterocycles. The van der Waals surface area contributed by atoms with Gasteiger partial charge in [0.15, 0.2) is 6.04 Å². The topological polar surface area (TPSA) is 66.4 Å². The monoisotopic (exact) mass is 351 g/mol. The minimum Gasteiger partial charge on any atom is -0.479 e. The summed E-state index contributed by atoms with van der Waals surface area (Å²) in [6.45, 7) is 0. The third kappa shape index (κ3) is 3.46. The molecule has 2 aromatic carbocycles. The van der Waals surface area contributed by atoms with Gasteiger partial charge in [0.1, 0.15) is 5.82 Å². The first kappa shape index (κ1) is 15.2. The predicted molar refractivity (Wildman–Crippen MR) is 78.4 cm³/mol. The van der Waals surface area contributed by atoms with Gasteiger partial charge in [-0.05, 0) is 33.6 Å². The molecule has 21 heavy (non-hydrogen) atoms. The minimum absolute atomic E-state index is 0.223. The summed E-state index contributed by atoms with van der Waals surface area (Å²) in [4.78, 5) is 23.4. The fraction of sp³-hybridized carbons (Fsp3) is 0.0667. The van der Waals surface area contributed by atoms with E-state index in [4.69, 9.17) is 0 Å². The van der Waals surface area contributed by atoms with E-state index in [0.717, 1.165) is 6.07 Å². The normalized spacial score (nSPS) is 11.7. The number of hydrogen-bond donors (Lipinski definition) is 2. The summed E-state index contributed by atoms with van der Waals surface area (Å²) in [6.07, 6.45) is 0. The average molecular weight is 352 g/mol. The molecule has 0 unspecified atom stereocenters. The second-order valence-electron chi connectivity index (χ2n) is 4.25. The van der Waals surface area contributed by atoms with Crippen molar-refractivity contribution in [1.82, 2.24) is 5.32 Å². The molecule has 0 aliphatic heterocycles. The van der Waals surface area contributed by atoms with Crippen molar-refractivity contribution in [2.24, 2.45) is 0 Å². The van der Waals surface area contributed by atoms with E-state index in [-0.39, 0.29) is 10.0 Å². The van der Waals surface area contributed by atoms with E-state index in [1.54, 1.807) is 30.3 Å². The summed E-state index contributed by atoms with van der Waals surface area (Å²) in [5.41, 5.74) is 0.186. The molecule has 2 rings (SSSR count). The molecule has 2 aromatic rings. The molecule has 0 spiro atoms. The molecule has 108 valence electrons. The summed E-state index contributed by atoms with van der Waals surface area (Å²) >= 11 is 3.08. The number of carbonyl (C=O) groups is 2. The van der Waals surface area contributed by atoms with Gasteiger partial charge < -0.3 is 10.4 Å². The summed E-state index contributed by atoms with van der Waals surface area (Å²) in [7, 11) is 0. The van der Waals surface area contributed by atoms with E-state index in [1.165, 1.54) is 12.1 Å². The molecule has 0 aliphatic rings. The molecule has 1 atom stereocenters. The van der Waals surface area contributed by atoms with Crippen LogP contribution in [0.15, 0.2) is 53.0 Å². The van der Waals surface area contributed by atoms with Crippen LogP contribution in [0.25, 0.3) is 0 Å². The van der Waals surface area contributed by atoms with Crippen LogP contribution in [0.5, 0.6) is 0 Å². The van der Waals surface area contributed by atoms with Crippen LogP contribution in [0.4, 0.5) is 4.39 Å². The van der Waals surface area contributed by atoms with Crippen LogP contribution in [0.2, 0.25) is 0 Å². The molecule has 0 saturated carbocycles. The number of carboxylic acids is 1. The molecule has 0 aliphatic carbocycles. The Hall–Kier alpha value is -2.21. The Balaban J connectivity index is 2.30. The molecule has 0 aromatic heterocycles. The first-order valence-corrected chi connectivity index (χ1v) is 6.82. The lowest BCUT2D eigenvalue weighted by Gasteiger charge is -2.15. The van der Waals surface area contributed by atoms with Gasteiger partial charge in [0.05, 0.1) is 5.56 Å². The van der Waals surface area contributed by atoms with Crippen molar-refractivity contribution in [1.29, 1.82) is 0 Å². The lowest BCUT2D eigenvalue weighted by molar-refractivity contribution is -0.139. The highest BCUT2D eigenvalue weighted by atomic mass is 79.9. The van der Waals surface area contributed by atoms with E-state index in [9.17, 15) is 19.1 Å². The van der Waals surface area contributed by atoms with Crippen LogP contribution in [0.1, 0.15) is 22.0 Å². The zero-order valence-electron chi connectivity index (χ0n) is 10.7. The first-order chi connectivity index (χ1) is 10.0. The fourth-order valence-corrected chi connectivity index (χ4v) is 2.37. The zero-order chi connectivity index (χ0) is 15.4. The minimum atomic E-state index is -1.25. The van der Waals surface area contributed by atoms with Crippen molar-refractivity contribution in [3.8, 4) is 0 Å². The Morgan fingerprint density at radius 2 is 1.76 bits per heavy atom. The van der Waals surface area contributed by atoms with E-state index in [2.05, 4.69) is 21.2 Å². The summed E-state index contributed by atoms with van der Waals surface area (Å²) < 4.78 is 14.0. The van der Waals surface area contributed by atoms with Gasteiger partial charge in [-0.3, -0.25) is 4.79 Å². The first-order valence-electron chi connectivity index (χ1n) is 6.03.